The lowest BCUT2D eigenvalue weighted by atomic mass is 10.0. The van der Waals surface area contributed by atoms with E-state index in [2.05, 4.69) is 6.08 Å². The first kappa shape index (κ1) is 16.9. The van der Waals surface area contributed by atoms with E-state index in [9.17, 15) is 9.59 Å². The molecule has 5 heteroatoms. The van der Waals surface area contributed by atoms with E-state index in [4.69, 9.17) is 9.15 Å². The van der Waals surface area contributed by atoms with Gasteiger partial charge in [-0.05, 0) is 63.1 Å². The summed E-state index contributed by atoms with van der Waals surface area (Å²) in [5.41, 5.74) is 2.12. The fraction of sp³-hybridized carbons (Fsp3) is 0.429. The van der Waals surface area contributed by atoms with E-state index >= 15 is 0 Å². The lowest BCUT2D eigenvalue weighted by Gasteiger charge is -2.27. The minimum absolute atomic E-state index is 0.00457. The van der Waals surface area contributed by atoms with E-state index in [1.54, 1.807) is 6.07 Å². The van der Waals surface area contributed by atoms with E-state index < -0.39 is 0 Å². The van der Waals surface area contributed by atoms with Crippen LogP contribution in [-0.2, 0) is 4.79 Å². The normalized spacial score (nSPS) is 17.0. The van der Waals surface area contributed by atoms with Crippen molar-refractivity contribution >= 4 is 16.9 Å². The molecule has 0 radical (unpaired) electrons. The van der Waals surface area contributed by atoms with Crippen LogP contribution in [0.3, 0.4) is 0 Å². The van der Waals surface area contributed by atoms with E-state index in [1.807, 2.05) is 24.0 Å². The Morgan fingerprint density at radius 3 is 2.85 bits per heavy atom. The van der Waals surface area contributed by atoms with Gasteiger partial charge in [0, 0.05) is 29.3 Å². The summed E-state index contributed by atoms with van der Waals surface area (Å²) in [7, 11) is 0. The maximum atomic E-state index is 12.8. The molecule has 5 nitrogen and oxygen atoms in total. The van der Waals surface area contributed by atoms with Gasteiger partial charge < -0.3 is 14.1 Å². The van der Waals surface area contributed by atoms with Crippen molar-refractivity contribution in [2.45, 2.75) is 51.5 Å². The molecule has 1 aromatic carbocycles. The van der Waals surface area contributed by atoms with Gasteiger partial charge in [-0.25, -0.2) is 4.79 Å². The Balaban J connectivity index is 1.49. The molecular weight excluding hydrogens is 330 g/mol. The van der Waals surface area contributed by atoms with E-state index in [0.717, 1.165) is 48.8 Å². The first-order chi connectivity index (χ1) is 12.6. The molecule has 2 aliphatic rings. The van der Waals surface area contributed by atoms with Crippen LogP contribution in [0.1, 0.15) is 44.1 Å². The number of carbonyl (C=O) groups is 1. The number of rotatable bonds is 5. The number of aryl methyl sites for hydroxylation is 1. The summed E-state index contributed by atoms with van der Waals surface area (Å²) in [6.07, 6.45) is 8.72. The molecule has 26 heavy (non-hydrogen) atoms. The van der Waals surface area contributed by atoms with Crippen molar-refractivity contribution in [1.82, 2.24) is 4.90 Å². The number of allylic oxidation sites excluding steroid dienone is 2. The van der Waals surface area contributed by atoms with Crippen LogP contribution in [0, 0.1) is 6.92 Å². The molecule has 0 aliphatic heterocycles. The van der Waals surface area contributed by atoms with Gasteiger partial charge >= 0.3 is 5.63 Å². The Kier molecular flexibility index (Phi) is 4.53. The molecule has 0 N–H and O–H groups in total. The third-order valence-corrected chi connectivity index (χ3v) is 5.04. The van der Waals surface area contributed by atoms with Crippen LogP contribution < -0.4 is 10.4 Å². The van der Waals surface area contributed by atoms with Crippen LogP contribution in [0.2, 0.25) is 0 Å². The zero-order chi connectivity index (χ0) is 18.1. The molecule has 0 saturated heterocycles. The van der Waals surface area contributed by atoms with Gasteiger partial charge in [-0.2, -0.15) is 0 Å². The lowest BCUT2D eigenvalue weighted by Crippen LogP contribution is -2.36. The zero-order valence-electron chi connectivity index (χ0n) is 15.0. The van der Waals surface area contributed by atoms with Gasteiger partial charge in [0.15, 0.2) is 6.61 Å². The molecule has 1 aromatic heterocycles. The standard InChI is InChI=1S/C21H23NO4/c1-14-11-21(24)26-19-12-17(9-10-18(14)19)25-13-20(23)22(16-7-8-16)15-5-3-2-4-6-15/h5,9-12,16H,2-4,6-8,13H2,1H3. The maximum Gasteiger partial charge on any atom is 0.336 e. The molecule has 1 heterocycles. The van der Waals surface area contributed by atoms with Gasteiger partial charge in [-0.15, -0.1) is 0 Å². The van der Waals surface area contributed by atoms with Gasteiger partial charge in [0.2, 0.25) is 0 Å². The number of carbonyl (C=O) groups excluding carboxylic acids is 1. The van der Waals surface area contributed by atoms with Gasteiger partial charge in [-0.1, -0.05) is 6.08 Å². The molecule has 2 aromatic rings. The van der Waals surface area contributed by atoms with Gasteiger partial charge in [0.25, 0.3) is 5.91 Å². The molecular formula is C21H23NO4. The Labute approximate surface area is 152 Å². The molecule has 1 fully saturated rings. The number of fused-ring (bicyclic) bond motifs is 1. The largest absolute Gasteiger partial charge is 0.484 e. The summed E-state index contributed by atoms with van der Waals surface area (Å²) in [6.45, 7) is 1.87. The van der Waals surface area contributed by atoms with Crippen LogP contribution in [0.15, 0.2) is 45.3 Å². The quantitative estimate of drug-likeness (QED) is 0.764. The second-order valence-corrected chi connectivity index (χ2v) is 7.13. The summed E-state index contributed by atoms with van der Waals surface area (Å²) in [5, 5.41) is 0.871. The number of ether oxygens (including phenoxy) is 1. The molecule has 1 saturated carbocycles. The summed E-state index contributed by atoms with van der Waals surface area (Å²) >= 11 is 0. The smallest absolute Gasteiger partial charge is 0.336 e. The molecule has 4 rings (SSSR count). The van der Waals surface area contributed by atoms with Crippen molar-refractivity contribution in [3.63, 3.8) is 0 Å². The highest BCUT2D eigenvalue weighted by Gasteiger charge is 2.35. The van der Waals surface area contributed by atoms with Crippen LogP contribution in [0.25, 0.3) is 11.0 Å². The predicted octanol–water partition coefficient (Wildman–Crippen LogP) is 3.93. The SMILES string of the molecule is Cc1cc(=O)oc2cc(OCC(=O)N(C3=CCCCC3)C3CC3)ccc12. The van der Waals surface area contributed by atoms with Crippen LogP contribution in [0.4, 0.5) is 0 Å². The van der Waals surface area contributed by atoms with Crippen molar-refractivity contribution in [2.75, 3.05) is 6.61 Å². The highest BCUT2D eigenvalue weighted by Crippen LogP contribution is 2.34. The Morgan fingerprint density at radius 2 is 2.12 bits per heavy atom. The zero-order valence-corrected chi connectivity index (χ0v) is 15.0. The number of amides is 1. The van der Waals surface area contributed by atoms with Crippen LogP contribution >= 0.6 is 0 Å². The van der Waals surface area contributed by atoms with E-state index in [1.165, 1.54) is 12.5 Å². The average molecular weight is 353 g/mol. The molecule has 0 atom stereocenters. The Morgan fingerprint density at radius 1 is 1.27 bits per heavy atom. The minimum atomic E-state index is -0.382. The fourth-order valence-electron chi connectivity index (χ4n) is 3.58. The summed E-state index contributed by atoms with van der Waals surface area (Å²) in [5.74, 6) is 0.541. The molecule has 0 spiro atoms. The molecule has 136 valence electrons. The van der Waals surface area contributed by atoms with Crippen molar-refractivity contribution in [3.05, 3.63) is 52.0 Å². The Bertz CT molecular complexity index is 923. The topological polar surface area (TPSA) is 59.8 Å². The number of benzene rings is 1. The third kappa shape index (κ3) is 3.52. The second-order valence-electron chi connectivity index (χ2n) is 7.13. The van der Waals surface area contributed by atoms with Crippen molar-refractivity contribution in [1.29, 1.82) is 0 Å². The summed E-state index contributed by atoms with van der Waals surface area (Å²) in [6, 6.07) is 7.16. The fourth-order valence-corrected chi connectivity index (χ4v) is 3.58. The molecule has 0 bridgehead atoms. The highest BCUT2D eigenvalue weighted by atomic mass is 16.5. The number of nitrogens with zero attached hydrogens (tertiary/aromatic N) is 1. The predicted molar refractivity (Wildman–Crippen MR) is 99.1 cm³/mol. The lowest BCUT2D eigenvalue weighted by molar-refractivity contribution is -0.132. The van der Waals surface area contributed by atoms with Gasteiger partial charge in [0.05, 0.1) is 0 Å². The molecule has 1 amide bonds. The summed E-state index contributed by atoms with van der Waals surface area (Å²) in [4.78, 5) is 26.3. The van der Waals surface area contributed by atoms with E-state index in [-0.39, 0.29) is 18.1 Å². The van der Waals surface area contributed by atoms with E-state index in [0.29, 0.717) is 17.4 Å². The molecule has 0 unspecified atom stereocenters. The molecule has 2 aliphatic carbocycles. The number of hydrogen-bond donors (Lipinski definition) is 0. The second kappa shape index (κ2) is 6.98. The Hall–Kier alpha value is -2.56. The maximum absolute atomic E-state index is 12.8. The third-order valence-electron chi connectivity index (χ3n) is 5.04. The van der Waals surface area contributed by atoms with Gasteiger partial charge in [0.1, 0.15) is 11.3 Å². The van der Waals surface area contributed by atoms with Crippen molar-refractivity contribution < 1.29 is 13.9 Å². The number of hydrogen-bond acceptors (Lipinski definition) is 4. The highest BCUT2D eigenvalue weighted by molar-refractivity contribution is 5.82. The first-order valence-corrected chi connectivity index (χ1v) is 9.30. The van der Waals surface area contributed by atoms with Gasteiger partial charge in [-0.3, -0.25) is 4.79 Å². The first-order valence-electron chi connectivity index (χ1n) is 9.30. The minimum Gasteiger partial charge on any atom is -0.484 e. The van der Waals surface area contributed by atoms with Crippen molar-refractivity contribution in [3.8, 4) is 5.75 Å². The monoisotopic (exact) mass is 353 g/mol. The van der Waals surface area contributed by atoms with Crippen LogP contribution in [0.5, 0.6) is 5.75 Å². The van der Waals surface area contributed by atoms with Crippen LogP contribution in [-0.4, -0.2) is 23.5 Å². The summed E-state index contributed by atoms with van der Waals surface area (Å²) < 4.78 is 11.0. The average Bonchev–Trinajstić information content (AvgIpc) is 3.45. The van der Waals surface area contributed by atoms with Crippen molar-refractivity contribution in [2.24, 2.45) is 0 Å².